The molecule has 1 aromatic heterocycles. The lowest BCUT2D eigenvalue weighted by Gasteiger charge is -2.37. The third-order valence-corrected chi connectivity index (χ3v) is 6.62. The van der Waals surface area contributed by atoms with Gasteiger partial charge in [0.05, 0.1) is 45.0 Å². The van der Waals surface area contributed by atoms with Gasteiger partial charge in [0.25, 0.3) is 5.91 Å². The third-order valence-electron chi connectivity index (χ3n) is 5.21. The number of rotatable bonds is 5. The number of aromatic nitrogens is 1. The first kappa shape index (κ1) is 22.1. The maximum Gasteiger partial charge on any atom is 0.307 e. The highest BCUT2D eigenvalue weighted by Gasteiger charge is 2.35. The number of hydrogen-bond acceptors (Lipinski definition) is 7. The van der Waals surface area contributed by atoms with E-state index in [2.05, 4.69) is 25.8 Å². The van der Waals surface area contributed by atoms with Crippen LogP contribution >= 0.6 is 11.3 Å². The van der Waals surface area contributed by atoms with Crippen LogP contribution < -0.4 is 9.47 Å². The molecule has 8 heteroatoms. The summed E-state index contributed by atoms with van der Waals surface area (Å²) in [6.45, 7) is 6.69. The van der Waals surface area contributed by atoms with Crippen molar-refractivity contribution < 1.29 is 23.8 Å². The minimum atomic E-state index is -0.450. The maximum atomic E-state index is 13.4. The fourth-order valence-corrected chi connectivity index (χ4v) is 4.52. The van der Waals surface area contributed by atoms with E-state index in [1.54, 1.807) is 25.3 Å². The van der Waals surface area contributed by atoms with Crippen LogP contribution in [-0.2, 0) is 21.4 Å². The minimum Gasteiger partial charge on any atom is -0.493 e. The normalized spacial score (nSPS) is 16.1. The van der Waals surface area contributed by atoms with Crippen LogP contribution in [0.5, 0.6) is 11.5 Å². The molecule has 0 aliphatic carbocycles. The molecule has 0 spiro atoms. The summed E-state index contributed by atoms with van der Waals surface area (Å²) in [5, 5.41) is 0.902. The summed E-state index contributed by atoms with van der Waals surface area (Å²) in [7, 11) is 4.51. The van der Waals surface area contributed by atoms with Crippen LogP contribution in [0.4, 0.5) is 0 Å². The van der Waals surface area contributed by atoms with Gasteiger partial charge in [-0.1, -0.05) is 20.8 Å². The first-order chi connectivity index (χ1) is 14.2. The Kier molecular flexibility index (Phi) is 6.36. The van der Waals surface area contributed by atoms with Crippen LogP contribution in [0.25, 0.3) is 0 Å². The van der Waals surface area contributed by atoms with E-state index < -0.39 is 6.04 Å². The van der Waals surface area contributed by atoms with Crippen LogP contribution in [0, 0.1) is 0 Å². The van der Waals surface area contributed by atoms with Crippen LogP contribution in [-0.4, -0.2) is 49.6 Å². The summed E-state index contributed by atoms with van der Waals surface area (Å²) in [4.78, 5) is 32.3. The smallest absolute Gasteiger partial charge is 0.307 e. The van der Waals surface area contributed by atoms with Gasteiger partial charge in [-0.05, 0) is 29.7 Å². The number of fused-ring (bicyclic) bond motifs is 1. The third kappa shape index (κ3) is 4.28. The second-order valence-electron chi connectivity index (χ2n) is 8.23. The van der Waals surface area contributed by atoms with Gasteiger partial charge in [-0.3, -0.25) is 9.59 Å². The number of carbonyl (C=O) groups is 2. The second kappa shape index (κ2) is 8.63. The van der Waals surface area contributed by atoms with Crippen molar-refractivity contribution in [2.45, 2.75) is 45.1 Å². The molecule has 162 valence electrons. The first-order valence-corrected chi connectivity index (χ1v) is 10.6. The van der Waals surface area contributed by atoms with Crippen LogP contribution in [0.3, 0.4) is 0 Å². The second-order valence-corrected chi connectivity index (χ2v) is 9.26. The molecule has 1 unspecified atom stereocenters. The Morgan fingerprint density at radius 2 is 1.83 bits per heavy atom. The van der Waals surface area contributed by atoms with Crippen LogP contribution in [0.15, 0.2) is 18.3 Å². The fourth-order valence-electron chi connectivity index (χ4n) is 3.59. The SMILES string of the molecule is COC(=O)CC1c2cc(OC)c(OC)cc2CCN1C(=O)c1cnc(C(C)(C)C)s1. The van der Waals surface area contributed by atoms with E-state index in [0.29, 0.717) is 29.3 Å². The Morgan fingerprint density at radius 3 is 2.40 bits per heavy atom. The van der Waals surface area contributed by atoms with E-state index in [1.807, 2.05) is 12.1 Å². The Morgan fingerprint density at radius 1 is 1.17 bits per heavy atom. The molecule has 0 N–H and O–H groups in total. The van der Waals surface area contributed by atoms with Gasteiger partial charge in [0.2, 0.25) is 0 Å². The predicted octanol–water partition coefficient (Wildman–Crippen LogP) is 3.76. The zero-order valence-corrected chi connectivity index (χ0v) is 19.1. The summed E-state index contributed by atoms with van der Waals surface area (Å²) in [5.41, 5.74) is 1.77. The Labute approximate surface area is 181 Å². The fraction of sp³-hybridized carbons (Fsp3) is 0.500. The molecule has 0 radical (unpaired) electrons. The van der Waals surface area contributed by atoms with Crippen molar-refractivity contribution in [3.05, 3.63) is 39.3 Å². The quantitative estimate of drug-likeness (QED) is 0.670. The average molecular weight is 433 g/mol. The van der Waals surface area contributed by atoms with E-state index in [1.165, 1.54) is 18.4 Å². The number of methoxy groups -OCH3 is 3. The van der Waals surface area contributed by atoms with Crippen LogP contribution in [0.1, 0.15) is 59.0 Å². The number of esters is 1. The monoisotopic (exact) mass is 432 g/mol. The van der Waals surface area contributed by atoms with E-state index in [-0.39, 0.29) is 23.7 Å². The zero-order valence-electron chi connectivity index (χ0n) is 18.3. The number of nitrogens with zero attached hydrogens (tertiary/aromatic N) is 2. The molecule has 0 fully saturated rings. The number of hydrogen-bond donors (Lipinski definition) is 0. The minimum absolute atomic E-state index is 0.0651. The number of carbonyl (C=O) groups excluding carboxylic acids is 2. The molecular formula is C22H28N2O5S. The topological polar surface area (TPSA) is 78.0 Å². The molecule has 0 saturated carbocycles. The van der Waals surface area contributed by atoms with Crippen molar-refractivity contribution >= 4 is 23.2 Å². The molecule has 1 amide bonds. The molecule has 1 aliphatic rings. The van der Waals surface area contributed by atoms with E-state index in [4.69, 9.17) is 14.2 Å². The molecule has 0 saturated heterocycles. The highest BCUT2D eigenvalue weighted by Crippen LogP contribution is 2.40. The van der Waals surface area contributed by atoms with Crippen molar-refractivity contribution in [2.75, 3.05) is 27.9 Å². The highest BCUT2D eigenvalue weighted by atomic mass is 32.1. The lowest BCUT2D eigenvalue weighted by atomic mass is 9.90. The Balaban J connectivity index is 2.01. The molecular weight excluding hydrogens is 404 g/mol. The lowest BCUT2D eigenvalue weighted by molar-refractivity contribution is -0.141. The van der Waals surface area contributed by atoms with E-state index in [0.717, 1.165) is 16.1 Å². The standard InChI is InChI=1S/C22H28N2O5S/c1-22(2,3)21-23-12-18(30-21)20(26)24-8-7-13-9-16(27-4)17(28-5)10-14(13)15(24)11-19(25)29-6/h9-10,12,15H,7-8,11H2,1-6H3. The summed E-state index contributed by atoms with van der Waals surface area (Å²) in [6, 6.07) is 3.33. The number of thiazole rings is 1. The average Bonchev–Trinajstić information content (AvgIpc) is 3.23. The molecule has 7 nitrogen and oxygen atoms in total. The molecule has 1 atom stereocenters. The van der Waals surface area contributed by atoms with Gasteiger partial charge in [-0.25, -0.2) is 4.98 Å². The molecule has 2 heterocycles. The van der Waals surface area contributed by atoms with Gasteiger partial charge in [-0.15, -0.1) is 11.3 Å². The molecule has 1 aliphatic heterocycles. The Hall–Kier alpha value is -2.61. The van der Waals surface area contributed by atoms with Crippen molar-refractivity contribution in [1.29, 1.82) is 0 Å². The zero-order chi connectivity index (χ0) is 22.1. The van der Waals surface area contributed by atoms with Crippen molar-refractivity contribution in [2.24, 2.45) is 0 Å². The molecule has 30 heavy (non-hydrogen) atoms. The maximum absolute atomic E-state index is 13.4. The van der Waals surface area contributed by atoms with Crippen molar-refractivity contribution in [3.8, 4) is 11.5 Å². The number of benzene rings is 1. The van der Waals surface area contributed by atoms with Gasteiger partial charge in [0.1, 0.15) is 4.88 Å². The van der Waals surface area contributed by atoms with E-state index >= 15 is 0 Å². The predicted molar refractivity (Wildman–Crippen MR) is 114 cm³/mol. The van der Waals surface area contributed by atoms with Gasteiger partial charge in [-0.2, -0.15) is 0 Å². The van der Waals surface area contributed by atoms with Gasteiger partial charge in [0, 0.05) is 12.0 Å². The number of amides is 1. The van der Waals surface area contributed by atoms with Gasteiger partial charge < -0.3 is 19.1 Å². The summed E-state index contributed by atoms with van der Waals surface area (Å²) < 4.78 is 15.8. The van der Waals surface area contributed by atoms with Crippen LogP contribution in [0.2, 0.25) is 0 Å². The highest BCUT2D eigenvalue weighted by molar-refractivity contribution is 7.13. The molecule has 0 bridgehead atoms. The largest absolute Gasteiger partial charge is 0.493 e. The number of ether oxygens (including phenoxy) is 3. The molecule has 2 aromatic rings. The molecule has 3 rings (SSSR count). The summed E-state index contributed by atoms with van der Waals surface area (Å²) in [5.74, 6) is 0.691. The molecule has 1 aromatic carbocycles. The Bertz CT molecular complexity index is 947. The lowest BCUT2D eigenvalue weighted by Crippen LogP contribution is -2.41. The summed E-state index contributed by atoms with van der Waals surface area (Å²) in [6.07, 6.45) is 2.35. The summed E-state index contributed by atoms with van der Waals surface area (Å²) >= 11 is 1.40. The van der Waals surface area contributed by atoms with Gasteiger partial charge in [0.15, 0.2) is 11.5 Å². The van der Waals surface area contributed by atoms with Crippen molar-refractivity contribution in [3.63, 3.8) is 0 Å². The van der Waals surface area contributed by atoms with E-state index in [9.17, 15) is 9.59 Å². The first-order valence-electron chi connectivity index (χ1n) is 9.78. The van der Waals surface area contributed by atoms with Gasteiger partial charge >= 0.3 is 5.97 Å². The van der Waals surface area contributed by atoms with Crippen molar-refractivity contribution in [1.82, 2.24) is 9.88 Å².